The summed E-state index contributed by atoms with van der Waals surface area (Å²) in [5.74, 6) is 1.07. The highest BCUT2D eigenvalue weighted by Gasteiger charge is 2.24. The third-order valence-electron chi connectivity index (χ3n) is 5.34. The first-order valence-electron chi connectivity index (χ1n) is 10.1. The minimum atomic E-state index is -0.203. The molecule has 2 aromatic heterocycles. The number of imidazole rings is 1. The summed E-state index contributed by atoms with van der Waals surface area (Å²) in [5, 5.41) is 10.6. The standard InChI is InChI=1S/C23H21N5O2/c29-22(25-18-11-7-10-17(14-18)23-27-24-15-30-23)20-19-12-5-2-6-13-28(19)21(26-20)16-8-3-1-4-9-16/h1,3-4,7-11,14-15H,2,5-6,12-13H2,(H,25,29). The summed E-state index contributed by atoms with van der Waals surface area (Å²) < 4.78 is 7.47. The van der Waals surface area contributed by atoms with E-state index in [0.29, 0.717) is 17.3 Å². The number of nitrogens with one attached hydrogen (secondary N) is 1. The fraction of sp³-hybridized carbons (Fsp3) is 0.217. The van der Waals surface area contributed by atoms with Crippen molar-refractivity contribution in [3.8, 4) is 22.8 Å². The zero-order chi connectivity index (χ0) is 20.3. The monoisotopic (exact) mass is 399 g/mol. The van der Waals surface area contributed by atoms with Gasteiger partial charge in [-0.3, -0.25) is 4.79 Å². The van der Waals surface area contributed by atoms with Crippen molar-refractivity contribution < 1.29 is 9.21 Å². The molecule has 0 radical (unpaired) electrons. The smallest absolute Gasteiger partial charge is 0.276 e. The van der Waals surface area contributed by atoms with Crippen molar-refractivity contribution in [2.75, 3.05) is 5.32 Å². The van der Waals surface area contributed by atoms with E-state index in [0.717, 1.165) is 54.9 Å². The zero-order valence-corrected chi connectivity index (χ0v) is 16.4. The van der Waals surface area contributed by atoms with E-state index in [1.807, 2.05) is 54.6 Å². The molecular weight excluding hydrogens is 378 g/mol. The molecule has 1 N–H and O–H groups in total. The molecule has 7 nitrogen and oxygen atoms in total. The van der Waals surface area contributed by atoms with Crippen LogP contribution >= 0.6 is 0 Å². The van der Waals surface area contributed by atoms with E-state index in [9.17, 15) is 4.79 Å². The lowest BCUT2D eigenvalue weighted by atomic mass is 10.1. The average Bonchev–Trinajstić information content (AvgIpc) is 3.38. The van der Waals surface area contributed by atoms with Crippen molar-refractivity contribution >= 4 is 11.6 Å². The molecule has 7 heteroatoms. The van der Waals surface area contributed by atoms with Gasteiger partial charge in [0.15, 0.2) is 0 Å². The van der Waals surface area contributed by atoms with E-state index < -0.39 is 0 Å². The van der Waals surface area contributed by atoms with E-state index in [2.05, 4.69) is 20.1 Å². The van der Waals surface area contributed by atoms with E-state index in [1.165, 1.54) is 6.39 Å². The van der Waals surface area contributed by atoms with Gasteiger partial charge in [0.1, 0.15) is 11.5 Å². The van der Waals surface area contributed by atoms with E-state index in [4.69, 9.17) is 9.40 Å². The molecule has 1 aliphatic heterocycles. The van der Waals surface area contributed by atoms with Gasteiger partial charge in [-0.25, -0.2) is 4.98 Å². The van der Waals surface area contributed by atoms with Crippen LogP contribution in [0.3, 0.4) is 0 Å². The van der Waals surface area contributed by atoms with Crippen LogP contribution in [-0.4, -0.2) is 25.7 Å². The summed E-state index contributed by atoms with van der Waals surface area (Å²) in [4.78, 5) is 18.0. The number of rotatable bonds is 4. The van der Waals surface area contributed by atoms with Crippen molar-refractivity contribution in [3.05, 3.63) is 72.4 Å². The normalized spacial score (nSPS) is 13.5. The first kappa shape index (κ1) is 18.3. The van der Waals surface area contributed by atoms with Crippen molar-refractivity contribution in [2.24, 2.45) is 0 Å². The summed E-state index contributed by atoms with van der Waals surface area (Å²) in [6.45, 7) is 0.881. The molecule has 0 unspecified atom stereocenters. The van der Waals surface area contributed by atoms with Crippen LogP contribution in [-0.2, 0) is 13.0 Å². The molecule has 1 amide bonds. The number of carbonyl (C=O) groups is 1. The number of fused-ring (bicyclic) bond motifs is 1. The second-order valence-corrected chi connectivity index (χ2v) is 7.34. The third-order valence-corrected chi connectivity index (χ3v) is 5.34. The maximum Gasteiger partial charge on any atom is 0.276 e. The minimum absolute atomic E-state index is 0.203. The van der Waals surface area contributed by atoms with Gasteiger partial charge in [0.25, 0.3) is 5.91 Å². The number of hydrogen-bond donors (Lipinski definition) is 1. The van der Waals surface area contributed by atoms with Gasteiger partial charge in [0.05, 0.1) is 5.69 Å². The van der Waals surface area contributed by atoms with E-state index >= 15 is 0 Å². The second kappa shape index (κ2) is 7.94. The van der Waals surface area contributed by atoms with Gasteiger partial charge in [0, 0.05) is 23.4 Å². The molecule has 0 atom stereocenters. The van der Waals surface area contributed by atoms with Gasteiger partial charge >= 0.3 is 0 Å². The number of hydrogen-bond acceptors (Lipinski definition) is 5. The Morgan fingerprint density at radius 2 is 1.87 bits per heavy atom. The number of nitrogens with zero attached hydrogens (tertiary/aromatic N) is 4. The molecule has 0 saturated carbocycles. The number of amides is 1. The lowest BCUT2D eigenvalue weighted by molar-refractivity contribution is 0.102. The van der Waals surface area contributed by atoms with Crippen LogP contribution in [0, 0.1) is 0 Å². The molecule has 0 saturated heterocycles. The van der Waals surface area contributed by atoms with Crippen molar-refractivity contribution in [2.45, 2.75) is 32.2 Å². The summed E-state index contributed by atoms with van der Waals surface area (Å²) >= 11 is 0. The third kappa shape index (κ3) is 3.50. The first-order chi connectivity index (χ1) is 14.8. The highest BCUT2D eigenvalue weighted by molar-refractivity contribution is 6.04. The van der Waals surface area contributed by atoms with E-state index in [-0.39, 0.29) is 5.91 Å². The molecule has 0 fully saturated rings. The zero-order valence-electron chi connectivity index (χ0n) is 16.4. The van der Waals surface area contributed by atoms with Crippen LogP contribution in [0.25, 0.3) is 22.8 Å². The molecule has 0 bridgehead atoms. The Balaban J connectivity index is 1.49. The summed E-state index contributed by atoms with van der Waals surface area (Å²) in [5.41, 5.74) is 3.94. The fourth-order valence-electron chi connectivity index (χ4n) is 3.93. The molecule has 0 aliphatic carbocycles. The number of anilines is 1. The Morgan fingerprint density at radius 1 is 1.00 bits per heavy atom. The van der Waals surface area contributed by atoms with Gasteiger partial charge in [-0.2, -0.15) is 0 Å². The van der Waals surface area contributed by atoms with Crippen LogP contribution in [0.2, 0.25) is 0 Å². The van der Waals surface area contributed by atoms with Gasteiger partial charge in [-0.1, -0.05) is 42.8 Å². The van der Waals surface area contributed by atoms with Crippen LogP contribution in [0.1, 0.15) is 35.4 Å². The molecule has 30 heavy (non-hydrogen) atoms. The van der Waals surface area contributed by atoms with Gasteiger partial charge in [-0.15, -0.1) is 10.2 Å². The highest BCUT2D eigenvalue weighted by atomic mass is 16.4. The highest BCUT2D eigenvalue weighted by Crippen LogP contribution is 2.28. The maximum absolute atomic E-state index is 13.2. The summed E-state index contributed by atoms with van der Waals surface area (Å²) in [6.07, 6.45) is 5.45. The quantitative estimate of drug-likeness (QED) is 0.543. The predicted molar refractivity (Wildman–Crippen MR) is 113 cm³/mol. The molecule has 5 rings (SSSR count). The predicted octanol–water partition coefficient (Wildman–Crippen LogP) is 4.58. The Morgan fingerprint density at radius 3 is 2.70 bits per heavy atom. The second-order valence-electron chi connectivity index (χ2n) is 7.34. The maximum atomic E-state index is 13.2. The molecular formula is C23H21N5O2. The number of carbonyl (C=O) groups excluding carboxylic acids is 1. The molecule has 2 aromatic carbocycles. The first-order valence-corrected chi connectivity index (χ1v) is 10.1. The van der Waals surface area contributed by atoms with E-state index in [1.54, 1.807) is 0 Å². The van der Waals surface area contributed by atoms with Crippen LogP contribution in [0.5, 0.6) is 0 Å². The molecule has 3 heterocycles. The van der Waals surface area contributed by atoms with Crippen molar-refractivity contribution in [3.63, 3.8) is 0 Å². The Kier molecular flexibility index (Phi) is 4.85. The topological polar surface area (TPSA) is 85.8 Å². The number of benzene rings is 2. The summed E-state index contributed by atoms with van der Waals surface area (Å²) in [7, 11) is 0. The summed E-state index contributed by atoms with van der Waals surface area (Å²) in [6, 6.07) is 17.4. The molecule has 4 aromatic rings. The Hall–Kier alpha value is -3.74. The van der Waals surface area contributed by atoms with Gasteiger partial charge in [-0.05, 0) is 37.5 Å². The van der Waals surface area contributed by atoms with Gasteiger partial charge in [0.2, 0.25) is 12.3 Å². The average molecular weight is 399 g/mol. The van der Waals surface area contributed by atoms with Crippen molar-refractivity contribution in [1.82, 2.24) is 19.7 Å². The molecule has 150 valence electrons. The fourth-order valence-corrected chi connectivity index (χ4v) is 3.93. The number of aromatic nitrogens is 4. The van der Waals surface area contributed by atoms with Gasteiger partial charge < -0.3 is 14.3 Å². The van der Waals surface area contributed by atoms with Crippen LogP contribution in [0.15, 0.2) is 65.4 Å². The van der Waals surface area contributed by atoms with Crippen molar-refractivity contribution in [1.29, 1.82) is 0 Å². The lowest BCUT2D eigenvalue weighted by Gasteiger charge is -2.09. The molecule has 0 spiro atoms. The largest absolute Gasteiger partial charge is 0.423 e. The molecule has 1 aliphatic rings. The lowest BCUT2D eigenvalue weighted by Crippen LogP contribution is -2.15. The van der Waals surface area contributed by atoms with Crippen LogP contribution in [0.4, 0.5) is 5.69 Å². The van der Waals surface area contributed by atoms with Crippen LogP contribution < -0.4 is 5.32 Å². The minimum Gasteiger partial charge on any atom is -0.423 e. The Labute approximate surface area is 173 Å². The SMILES string of the molecule is O=C(Nc1cccc(-c2nnco2)c1)c1nc(-c2ccccc2)n2c1CCCCC2. The Bertz CT molecular complexity index is 1170.